The van der Waals surface area contributed by atoms with Gasteiger partial charge in [-0.3, -0.25) is 20.4 Å². The van der Waals surface area contributed by atoms with Crippen LogP contribution in [0.1, 0.15) is 40.1 Å². The highest BCUT2D eigenvalue weighted by Gasteiger charge is 2.16. The number of rotatable bonds is 4. The van der Waals surface area contributed by atoms with Gasteiger partial charge >= 0.3 is 0 Å². The van der Waals surface area contributed by atoms with Crippen molar-refractivity contribution in [3.05, 3.63) is 59.2 Å². The first-order chi connectivity index (χ1) is 12.0. The Morgan fingerprint density at radius 1 is 0.920 bits per heavy atom. The van der Waals surface area contributed by atoms with E-state index in [0.29, 0.717) is 28.5 Å². The van der Waals surface area contributed by atoms with Gasteiger partial charge in [0, 0.05) is 11.1 Å². The Hall–Kier alpha value is -3.02. The SMILES string of the molecule is CC(C)Cc1ccc(C(=O)NNC(=O)c2ccc3c(c2)OCO3)cc1. The van der Waals surface area contributed by atoms with E-state index in [0.717, 1.165) is 6.42 Å². The number of amides is 2. The third-order valence-electron chi connectivity index (χ3n) is 3.78. The normalized spacial score (nSPS) is 12.1. The van der Waals surface area contributed by atoms with Gasteiger partial charge in [-0.05, 0) is 48.2 Å². The summed E-state index contributed by atoms with van der Waals surface area (Å²) < 4.78 is 10.4. The molecule has 6 nitrogen and oxygen atoms in total. The monoisotopic (exact) mass is 340 g/mol. The number of ether oxygens (including phenoxy) is 2. The molecule has 1 heterocycles. The zero-order valence-corrected chi connectivity index (χ0v) is 14.2. The number of carbonyl (C=O) groups is 2. The van der Waals surface area contributed by atoms with Gasteiger partial charge in [0.1, 0.15) is 0 Å². The second-order valence-corrected chi connectivity index (χ2v) is 6.27. The van der Waals surface area contributed by atoms with Crippen molar-refractivity contribution in [1.29, 1.82) is 0 Å². The smallest absolute Gasteiger partial charge is 0.269 e. The van der Waals surface area contributed by atoms with Crippen molar-refractivity contribution in [2.24, 2.45) is 5.92 Å². The van der Waals surface area contributed by atoms with E-state index in [1.54, 1.807) is 30.3 Å². The highest BCUT2D eigenvalue weighted by atomic mass is 16.7. The zero-order chi connectivity index (χ0) is 17.8. The van der Waals surface area contributed by atoms with Crippen molar-refractivity contribution in [3.63, 3.8) is 0 Å². The average Bonchev–Trinajstić information content (AvgIpc) is 3.07. The van der Waals surface area contributed by atoms with Gasteiger partial charge in [0.2, 0.25) is 6.79 Å². The third kappa shape index (κ3) is 4.09. The molecule has 6 heteroatoms. The quantitative estimate of drug-likeness (QED) is 0.839. The van der Waals surface area contributed by atoms with Gasteiger partial charge in [0.05, 0.1) is 0 Å². The number of hydrazine groups is 1. The van der Waals surface area contributed by atoms with Crippen molar-refractivity contribution in [2.45, 2.75) is 20.3 Å². The first kappa shape index (κ1) is 16.8. The molecule has 0 saturated carbocycles. The lowest BCUT2D eigenvalue weighted by molar-refractivity contribution is 0.0846. The summed E-state index contributed by atoms with van der Waals surface area (Å²) in [6.07, 6.45) is 0.961. The molecule has 2 aromatic rings. The largest absolute Gasteiger partial charge is 0.454 e. The number of nitrogens with one attached hydrogen (secondary N) is 2. The van der Waals surface area contributed by atoms with E-state index in [2.05, 4.69) is 24.7 Å². The summed E-state index contributed by atoms with van der Waals surface area (Å²) in [4.78, 5) is 24.3. The van der Waals surface area contributed by atoms with Crippen LogP contribution in [0.3, 0.4) is 0 Å². The molecular weight excluding hydrogens is 320 g/mol. The van der Waals surface area contributed by atoms with Gasteiger partial charge in [-0.2, -0.15) is 0 Å². The van der Waals surface area contributed by atoms with Crippen molar-refractivity contribution in [1.82, 2.24) is 10.9 Å². The Kier molecular flexibility index (Phi) is 4.88. The topological polar surface area (TPSA) is 76.7 Å². The van der Waals surface area contributed by atoms with Gasteiger partial charge in [-0.15, -0.1) is 0 Å². The number of carbonyl (C=O) groups excluding carboxylic acids is 2. The molecule has 1 aliphatic heterocycles. The molecule has 25 heavy (non-hydrogen) atoms. The Bertz CT molecular complexity index is 785. The second kappa shape index (κ2) is 7.25. The fourth-order valence-electron chi connectivity index (χ4n) is 2.56. The Morgan fingerprint density at radius 2 is 1.52 bits per heavy atom. The molecule has 130 valence electrons. The molecule has 0 radical (unpaired) electrons. The molecule has 0 aliphatic carbocycles. The number of hydrogen-bond acceptors (Lipinski definition) is 4. The Balaban J connectivity index is 1.57. The highest BCUT2D eigenvalue weighted by molar-refractivity contribution is 5.99. The average molecular weight is 340 g/mol. The van der Waals surface area contributed by atoms with E-state index in [1.165, 1.54) is 5.56 Å². The van der Waals surface area contributed by atoms with Crippen molar-refractivity contribution < 1.29 is 19.1 Å². The van der Waals surface area contributed by atoms with E-state index >= 15 is 0 Å². The highest BCUT2D eigenvalue weighted by Crippen LogP contribution is 2.32. The molecule has 0 bridgehead atoms. The Labute approximate surface area is 146 Å². The summed E-state index contributed by atoms with van der Waals surface area (Å²) in [6, 6.07) is 12.2. The molecule has 2 aromatic carbocycles. The minimum atomic E-state index is -0.428. The van der Waals surface area contributed by atoms with Crippen LogP contribution in [0.5, 0.6) is 11.5 Å². The van der Waals surface area contributed by atoms with Gasteiger partial charge < -0.3 is 9.47 Å². The maximum absolute atomic E-state index is 12.1. The van der Waals surface area contributed by atoms with E-state index in [4.69, 9.17) is 9.47 Å². The van der Waals surface area contributed by atoms with E-state index in [9.17, 15) is 9.59 Å². The molecule has 3 rings (SSSR count). The Morgan fingerprint density at radius 3 is 2.20 bits per heavy atom. The molecule has 0 atom stereocenters. The van der Waals surface area contributed by atoms with Crippen LogP contribution >= 0.6 is 0 Å². The van der Waals surface area contributed by atoms with Crippen molar-refractivity contribution >= 4 is 11.8 Å². The van der Waals surface area contributed by atoms with Crippen molar-refractivity contribution in [3.8, 4) is 11.5 Å². The molecule has 0 unspecified atom stereocenters. The fraction of sp³-hybridized carbons (Fsp3) is 0.263. The second-order valence-electron chi connectivity index (χ2n) is 6.27. The lowest BCUT2D eigenvalue weighted by atomic mass is 10.0. The molecule has 0 spiro atoms. The van der Waals surface area contributed by atoms with Crippen LogP contribution in [0.4, 0.5) is 0 Å². The first-order valence-corrected chi connectivity index (χ1v) is 8.12. The maximum atomic E-state index is 12.1. The predicted molar refractivity (Wildman–Crippen MR) is 92.5 cm³/mol. The van der Waals surface area contributed by atoms with Crippen LogP contribution in [-0.4, -0.2) is 18.6 Å². The molecular formula is C19H20N2O4. The van der Waals surface area contributed by atoms with Crippen LogP contribution < -0.4 is 20.3 Å². The number of fused-ring (bicyclic) bond motifs is 1. The molecule has 1 aliphatic rings. The number of hydrogen-bond donors (Lipinski definition) is 2. The van der Waals surface area contributed by atoms with Crippen LogP contribution in [0.2, 0.25) is 0 Å². The lowest BCUT2D eigenvalue weighted by Crippen LogP contribution is -2.41. The summed E-state index contributed by atoms with van der Waals surface area (Å²) in [5, 5.41) is 0. The van der Waals surface area contributed by atoms with Crippen molar-refractivity contribution in [2.75, 3.05) is 6.79 Å². The molecule has 0 saturated heterocycles. The minimum absolute atomic E-state index is 0.143. The molecule has 0 fully saturated rings. The van der Waals surface area contributed by atoms with E-state index in [-0.39, 0.29) is 12.7 Å². The van der Waals surface area contributed by atoms with E-state index < -0.39 is 5.91 Å². The zero-order valence-electron chi connectivity index (χ0n) is 14.2. The third-order valence-corrected chi connectivity index (χ3v) is 3.78. The van der Waals surface area contributed by atoms with Crippen LogP contribution in [0, 0.1) is 5.92 Å². The summed E-state index contributed by atoms with van der Waals surface area (Å²) in [7, 11) is 0. The molecule has 0 aromatic heterocycles. The first-order valence-electron chi connectivity index (χ1n) is 8.12. The summed E-state index contributed by atoms with van der Waals surface area (Å²) in [6.45, 7) is 4.43. The number of benzene rings is 2. The minimum Gasteiger partial charge on any atom is -0.454 e. The van der Waals surface area contributed by atoms with Crippen LogP contribution in [0.25, 0.3) is 0 Å². The summed E-state index contributed by atoms with van der Waals surface area (Å²) >= 11 is 0. The van der Waals surface area contributed by atoms with Gasteiger partial charge in [0.15, 0.2) is 11.5 Å². The maximum Gasteiger partial charge on any atom is 0.269 e. The summed E-state index contributed by atoms with van der Waals surface area (Å²) in [5.74, 6) is 0.871. The predicted octanol–water partition coefficient (Wildman–Crippen LogP) is 2.69. The van der Waals surface area contributed by atoms with E-state index in [1.807, 2.05) is 12.1 Å². The van der Waals surface area contributed by atoms with Gasteiger partial charge in [0.25, 0.3) is 11.8 Å². The fourth-order valence-corrected chi connectivity index (χ4v) is 2.56. The van der Waals surface area contributed by atoms with Gasteiger partial charge in [-0.1, -0.05) is 26.0 Å². The standard InChI is InChI=1S/C19H20N2O4/c1-12(2)9-13-3-5-14(6-4-13)18(22)20-21-19(23)15-7-8-16-17(10-15)25-11-24-16/h3-8,10,12H,9,11H2,1-2H3,(H,20,22)(H,21,23). The lowest BCUT2D eigenvalue weighted by Gasteiger charge is -2.09. The van der Waals surface area contributed by atoms with Crippen LogP contribution in [0.15, 0.2) is 42.5 Å². The van der Waals surface area contributed by atoms with Crippen LogP contribution in [-0.2, 0) is 6.42 Å². The molecule has 2 N–H and O–H groups in total. The molecule has 2 amide bonds. The van der Waals surface area contributed by atoms with Gasteiger partial charge in [-0.25, -0.2) is 0 Å². The summed E-state index contributed by atoms with van der Waals surface area (Å²) in [5.41, 5.74) is 6.85.